The molecule has 0 saturated carbocycles. The Labute approximate surface area is 114 Å². The summed E-state index contributed by atoms with van der Waals surface area (Å²) in [5, 5.41) is 0.109. The summed E-state index contributed by atoms with van der Waals surface area (Å²) in [5.74, 6) is 0.491. The quantitative estimate of drug-likeness (QED) is 0.945. The highest BCUT2D eigenvalue weighted by Gasteiger charge is 2.21. The number of aryl methyl sites for hydroxylation is 1. The molecule has 0 spiro atoms. The van der Waals surface area contributed by atoms with E-state index in [9.17, 15) is 8.42 Å². The predicted octanol–water partition coefficient (Wildman–Crippen LogP) is 3.09. The molecule has 18 heavy (non-hydrogen) atoms. The van der Waals surface area contributed by atoms with E-state index in [1.807, 2.05) is 0 Å². The number of nitrogens with one attached hydrogen (secondary N) is 1. The number of hydrogen-bond donors (Lipinski definition) is 1. The third-order valence-corrected chi connectivity index (χ3v) is 4.34. The molecule has 0 aliphatic rings. The van der Waals surface area contributed by atoms with Gasteiger partial charge in [0.1, 0.15) is 10.7 Å². The van der Waals surface area contributed by atoms with Crippen molar-refractivity contribution in [1.82, 2.24) is 4.98 Å². The largest absolute Gasteiger partial charge is 0.428 e. The van der Waals surface area contributed by atoms with Crippen LogP contribution < -0.4 is 4.72 Å². The van der Waals surface area contributed by atoms with E-state index in [0.29, 0.717) is 5.76 Å². The van der Waals surface area contributed by atoms with Gasteiger partial charge in [0.25, 0.3) is 10.0 Å². The molecule has 1 aromatic carbocycles. The summed E-state index contributed by atoms with van der Waals surface area (Å²) in [6, 6.07) is 4.21. The van der Waals surface area contributed by atoms with Gasteiger partial charge < -0.3 is 4.42 Å². The minimum absolute atomic E-state index is 0.0463. The highest BCUT2D eigenvalue weighted by molar-refractivity contribution is 7.92. The van der Waals surface area contributed by atoms with Gasteiger partial charge in [-0.25, -0.2) is 18.1 Å². The second-order valence-corrected chi connectivity index (χ2v) is 5.87. The normalized spacial score (nSPS) is 11.5. The lowest BCUT2D eigenvalue weighted by atomic mass is 10.4. The van der Waals surface area contributed by atoms with E-state index in [-0.39, 0.29) is 21.0 Å². The van der Waals surface area contributed by atoms with Gasteiger partial charge in [-0.3, -0.25) is 0 Å². The van der Waals surface area contributed by atoms with Gasteiger partial charge in [-0.1, -0.05) is 29.3 Å². The highest BCUT2D eigenvalue weighted by atomic mass is 35.5. The van der Waals surface area contributed by atoms with Crippen LogP contribution in [0.1, 0.15) is 5.76 Å². The first-order valence-corrected chi connectivity index (χ1v) is 7.03. The summed E-state index contributed by atoms with van der Waals surface area (Å²) in [6.07, 6.45) is 1.40. The van der Waals surface area contributed by atoms with Gasteiger partial charge in [0, 0.05) is 0 Å². The molecule has 0 unspecified atom stereocenters. The summed E-state index contributed by atoms with van der Waals surface area (Å²) in [6.45, 7) is 1.65. The van der Waals surface area contributed by atoms with Crippen LogP contribution in [0.15, 0.2) is 33.7 Å². The zero-order valence-corrected chi connectivity index (χ0v) is 11.5. The number of oxazole rings is 1. The van der Waals surface area contributed by atoms with Crippen LogP contribution in [0.4, 0.5) is 6.01 Å². The minimum Gasteiger partial charge on any atom is -0.428 e. The minimum atomic E-state index is -3.88. The number of nitrogens with zero attached hydrogens (tertiary/aromatic N) is 1. The number of aromatic nitrogens is 1. The third-order valence-electron chi connectivity index (χ3n) is 2.05. The molecule has 0 atom stereocenters. The van der Waals surface area contributed by atoms with Gasteiger partial charge in [0.2, 0.25) is 0 Å². The maximum Gasteiger partial charge on any atom is 0.309 e. The van der Waals surface area contributed by atoms with Gasteiger partial charge in [0.15, 0.2) is 0 Å². The van der Waals surface area contributed by atoms with E-state index in [2.05, 4.69) is 9.71 Å². The fourth-order valence-electron chi connectivity index (χ4n) is 1.26. The molecule has 8 heteroatoms. The molecule has 1 N–H and O–H groups in total. The molecular weight excluding hydrogens is 299 g/mol. The molecule has 0 amide bonds. The van der Waals surface area contributed by atoms with E-state index in [1.165, 1.54) is 24.4 Å². The van der Waals surface area contributed by atoms with Crippen LogP contribution in [0.3, 0.4) is 0 Å². The Morgan fingerprint density at radius 1 is 1.33 bits per heavy atom. The van der Waals surface area contributed by atoms with Gasteiger partial charge in [-0.05, 0) is 19.1 Å². The number of hydrogen-bond acceptors (Lipinski definition) is 4. The fraction of sp³-hybridized carbons (Fsp3) is 0.100. The van der Waals surface area contributed by atoms with Crippen molar-refractivity contribution < 1.29 is 12.8 Å². The smallest absolute Gasteiger partial charge is 0.309 e. The van der Waals surface area contributed by atoms with E-state index in [0.717, 1.165) is 0 Å². The topological polar surface area (TPSA) is 72.2 Å². The van der Waals surface area contributed by atoms with Crippen molar-refractivity contribution in [1.29, 1.82) is 0 Å². The maximum atomic E-state index is 12.0. The monoisotopic (exact) mass is 306 g/mol. The fourth-order valence-corrected chi connectivity index (χ4v) is 2.96. The molecule has 0 aliphatic heterocycles. The molecule has 2 aromatic rings. The molecule has 1 aromatic heterocycles. The highest BCUT2D eigenvalue weighted by Crippen LogP contribution is 2.29. The van der Waals surface area contributed by atoms with Crippen LogP contribution in [0.5, 0.6) is 0 Å². The number of anilines is 1. The van der Waals surface area contributed by atoms with E-state index >= 15 is 0 Å². The van der Waals surface area contributed by atoms with Crippen molar-refractivity contribution >= 4 is 39.2 Å². The second kappa shape index (κ2) is 4.79. The van der Waals surface area contributed by atoms with E-state index in [1.54, 1.807) is 6.92 Å². The standard InChI is InChI=1S/C10H8Cl2N2O3S/c1-6-5-13-10(17-6)14-18(15,16)8-4-2-3-7(11)9(8)12/h2-5H,1H3,(H,13,14). The SMILES string of the molecule is Cc1cnc(NS(=O)(=O)c2cccc(Cl)c2Cl)o1. The maximum absolute atomic E-state index is 12.0. The Balaban J connectivity index is 2.40. The van der Waals surface area contributed by atoms with E-state index < -0.39 is 10.0 Å². The molecule has 0 aliphatic carbocycles. The predicted molar refractivity (Wildman–Crippen MR) is 68.5 cm³/mol. The molecule has 0 radical (unpaired) electrons. The van der Waals surface area contributed by atoms with Crippen LogP contribution in [-0.4, -0.2) is 13.4 Å². The Morgan fingerprint density at radius 3 is 2.67 bits per heavy atom. The second-order valence-electron chi connectivity index (χ2n) is 3.43. The van der Waals surface area contributed by atoms with E-state index in [4.69, 9.17) is 27.6 Å². The van der Waals surface area contributed by atoms with Crippen LogP contribution in [0.25, 0.3) is 0 Å². The summed E-state index contributed by atoms with van der Waals surface area (Å²) in [7, 11) is -3.88. The molecule has 5 nitrogen and oxygen atoms in total. The van der Waals surface area contributed by atoms with Crippen molar-refractivity contribution in [3.63, 3.8) is 0 Å². The van der Waals surface area contributed by atoms with Crippen LogP contribution >= 0.6 is 23.2 Å². The Kier molecular flexibility index (Phi) is 3.52. The molecule has 0 bridgehead atoms. The van der Waals surface area contributed by atoms with Crippen molar-refractivity contribution in [2.24, 2.45) is 0 Å². The zero-order chi connectivity index (χ0) is 13.3. The van der Waals surface area contributed by atoms with Crippen molar-refractivity contribution in [3.05, 3.63) is 40.2 Å². The molecule has 0 saturated heterocycles. The average molecular weight is 307 g/mol. The van der Waals surface area contributed by atoms with Crippen LogP contribution in [0.2, 0.25) is 10.0 Å². The Morgan fingerprint density at radius 2 is 2.06 bits per heavy atom. The van der Waals surface area contributed by atoms with Gasteiger partial charge in [-0.15, -0.1) is 0 Å². The number of rotatable bonds is 3. The number of halogens is 2. The van der Waals surface area contributed by atoms with Crippen molar-refractivity contribution in [3.8, 4) is 0 Å². The first-order valence-electron chi connectivity index (χ1n) is 4.79. The molecule has 1 heterocycles. The number of sulfonamides is 1. The lowest BCUT2D eigenvalue weighted by Crippen LogP contribution is -2.13. The Bertz CT molecular complexity index is 682. The zero-order valence-electron chi connectivity index (χ0n) is 9.15. The third kappa shape index (κ3) is 2.60. The summed E-state index contributed by atoms with van der Waals surface area (Å²) in [5.41, 5.74) is 0. The van der Waals surface area contributed by atoms with Gasteiger partial charge >= 0.3 is 6.01 Å². The summed E-state index contributed by atoms with van der Waals surface area (Å²) >= 11 is 11.6. The lowest BCUT2D eigenvalue weighted by Gasteiger charge is -2.07. The first-order chi connectivity index (χ1) is 8.40. The molecule has 2 rings (SSSR count). The molecule has 0 fully saturated rings. The first kappa shape index (κ1) is 13.2. The average Bonchev–Trinajstić information content (AvgIpc) is 2.67. The van der Waals surface area contributed by atoms with Gasteiger partial charge in [0.05, 0.1) is 16.2 Å². The van der Waals surface area contributed by atoms with Crippen molar-refractivity contribution in [2.75, 3.05) is 4.72 Å². The Hall–Kier alpha value is -1.24. The van der Waals surface area contributed by atoms with Gasteiger partial charge in [-0.2, -0.15) is 0 Å². The molecule has 96 valence electrons. The summed E-state index contributed by atoms with van der Waals surface area (Å²) in [4.78, 5) is 3.61. The number of benzene rings is 1. The molecular formula is C10H8Cl2N2O3S. The van der Waals surface area contributed by atoms with Crippen molar-refractivity contribution in [2.45, 2.75) is 11.8 Å². The van der Waals surface area contributed by atoms with Crippen LogP contribution in [-0.2, 0) is 10.0 Å². The summed E-state index contributed by atoms with van der Waals surface area (Å²) < 4.78 is 31.3. The van der Waals surface area contributed by atoms with Crippen LogP contribution in [0, 0.1) is 6.92 Å². The lowest BCUT2D eigenvalue weighted by molar-refractivity contribution is 0.543.